The first-order valence-corrected chi connectivity index (χ1v) is 9.43. The Balaban J connectivity index is 2.11. The molecule has 0 spiro atoms. The molecule has 1 N–H and O–H groups in total. The van der Waals surface area contributed by atoms with Crippen LogP contribution in [-0.2, 0) is 26.2 Å². The summed E-state index contributed by atoms with van der Waals surface area (Å²) in [7, 11) is -1.00. The van der Waals surface area contributed by atoms with Crippen molar-refractivity contribution < 1.29 is 22.7 Å². The normalized spacial score (nSPS) is 11.5. The van der Waals surface area contributed by atoms with Gasteiger partial charge in [0.1, 0.15) is 17.3 Å². The van der Waals surface area contributed by atoms with Gasteiger partial charge in [0.2, 0.25) is 10.0 Å². The number of benzene rings is 2. The summed E-state index contributed by atoms with van der Waals surface area (Å²) in [6.07, 6.45) is 2.68. The largest absolute Gasteiger partial charge is 0.495 e. The first-order chi connectivity index (χ1) is 12.4. The molecule has 0 radical (unpaired) electrons. The van der Waals surface area contributed by atoms with Gasteiger partial charge in [-0.25, -0.2) is 17.9 Å². The fourth-order valence-corrected chi connectivity index (χ4v) is 3.21. The van der Waals surface area contributed by atoms with Gasteiger partial charge in [-0.1, -0.05) is 35.9 Å². The van der Waals surface area contributed by atoms with E-state index < -0.39 is 16.0 Å². The SMILES string of the molecule is CNS(=O)(=O)c1cc(/C=C/C(=O)OCc2ccccc2Cl)ccc1OC. The van der Waals surface area contributed by atoms with Gasteiger partial charge in [-0.3, -0.25) is 0 Å². The summed E-state index contributed by atoms with van der Waals surface area (Å²) in [4.78, 5) is 11.8. The number of hydrogen-bond donors (Lipinski definition) is 1. The minimum Gasteiger partial charge on any atom is -0.495 e. The standard InChI is InChI=1S/C18H18ClNO5S/c1-20-26(22,23)17-11-13(7-9-16(17)24-2)8-10-18(21)25-12-14-5-3-4-6-15(14)19/h3-11,20H,12H2,1-2H3/b10-8+. The second-order valence-electron chi connectivity index (χ2n) is 5.15. The van der Waals surface area contributed by atoms with Gasteiger partial charge >= 0.3 is 5.97 Å². The summed E-state index contributed by atoms with van der Waals surface area (Å²) in [5.41, 5.74) is 1.21. The minimum atomic E-state index is -3.69. The van der Waals surface area contributed by atoms with Crippen molar-refractivity contribution in [2.24, 2.45) is 0 Å². The van der Waals surface area contributed by atoms with E-state index in [1.165, 1.54) is 38.4 Å². The average molecular weight is 396 g/mol. The van der Waals surface area contributed by atoms with Gasteiger partial charge in [0, 0.05) is 16.7 Å². The van der Waals surface area contributed by atoms with Crippen molar-refractivity contribution in [2.75, 3.05) is 14.2 Å². The molecule has 0 atom stereocenters. The molecule has 2 aromatic carbocycles. The van der Waals surface area contributed by atoms with Crippen LogP contribution < -0.4 is 9.46 Å². The van der Waals surface area contributed by atoms with E-state index in [1.807, 2.05) is 0 Å². The van der Waals surface area contributed by atoms with Crippen LogP contribution in [0.5, 0.6) is 5.75 Å². The van der Waals surface area contributed by atoms with Crippen LogP contribution in [0.3, 0.4) is 0 Å². The number of carbonyl (C=O) groups is 1. The summed E-state index contributed by atoms with van der Waals surface area (Å²) in [5.74, 6) is -0.364. The van der Waals surface area contributed by atoms with Gasteiger partial charge in [-0.15, -0.1) is 0 Å². The highest BCUT2D eigenvalue weighted by molar-refractivity contribution is 7.89. The van der Waals surface area contributed by atoms with Crippen LogP contribution in [0.25, 0.3) is 6.08 Å². The van der Waals surface area contributed by atoms with Crippen molar-refractivity contribution in [3.63, 3.8) is 0 Å². The predicted molar refractivity (Wildman–Crippen MR) is 99.5 cm³/mol. The maximum Gasteiger partial charge on any atom is 0.331 e. The fraction of sp³-hybridized carbons (Fsp3) is 0.167. The molecule has 26 heavy (non-hydrogen) atoms. The van der Waals surface area contributed by atoms with Crippen LogP contribution in [0, 0.1) is 0 Å². The Morgan fingerprint density at radius 1 is 1.23 bits per heavy atom. The van der Waals surface area contributed by atoms with Crippen LogP contribution in [-0.4, -0.2) is 28.5 Å². The van der Waals surface area contributed by atoms with E-state index >= 15 is 0 Å². The molecule has 0 aliphatic heterocycles. The zero-order valence-electron chi connectivity index (χ0n) is 14.2. The second-order valence-corrected chi connectivity index (χ2v) is 7.41. The van der Waals surface area contributed by atoms with Crippen molar-refractivity contribution in [2.45, 2.75) is 11.5 Å². The van der Waals surface area contributed by atoms with E-state index in [-0.39, 0.29) is 17.3 Å². The topological polar surface area (TPSA) is 81.7 Å². The summed E-state index contributed by atoms with van der Waals surface area (Å²) >= 11 is 6.00. The van der Waals surface area contributed by atoms with Crippen molar-refractivity contribution in [3.05, 3.63) is 64.7 Å². The molecule has 2 rings (SSSR count). The zero-order chi connectivity index (χ0) is 19.2. The van der Waals surface area contributed by atoms with E-state index in [4.69, 9.17) is 21.1 Å². The highest BCUT2D eigenvalue weighted by Gasteiger charge is 2.17. The van der Waals surface area contributed by atoms with Crippen LogP contribution in [0.2, 0.25) is 5.02 Å². The number of rotatable bonds is 7. The molecule has 0 bridgehead atoms. The smallest absolute Gasteiger partial charge is 0.331 e. The van der Waals surface area contributed by atoms with Crippen molar-refractivity contribution in [1.82, 2.24) is 4.72 Å². The maximum atomic E-state index is 12.0. The quantitative estimate of drug-likeness (QED) is 0.575. The Kier molecular flexibility index (Phi) is 6.79. The van der Waals surface area contributed by atoms with Crippen LogP contribution in [0.4, 0.5) is 0 Å². The van der Waals surface area contributed by atoms with E-state index in [1.54, 1.807) is 30.3 Å². The minimum absolute atomic E-state index is 0.0194. The zero-order valence-corrected chi connectivity index (χ0v) is 15.8. The molecule has 6 nitrogen and oxygen atoms in total. The van der Waals surface area contributed by atoms with Crippen LogP contribution in [0.15, 0.2) is 53.4 Å². The Bertz CT molecular complexity index is 925. The van der Waals surface area contributed by atoms with Gasteiger partial charge in [-0.2, -0.15) is 0 Å². The lowest BCUT2D eigenvalue weighted by Gasteiger charge is -2.09. The molecule has 0 aromatic heterocycles. The third-order valence-corrected chi connectivity index (χ3v) is 5.29. The van der Waals surface area contributed by atoms with E-state index in [2.05, 4.69) is 4.72 Å². The summed E-state index contributed by atoms with van der Waals surface area (Å²) < 4.78 is 36.5. The van der Waals surface area contributed by atoms with Gasteiger partial charge in [-0.05, 0) is 36.9 Å². The summed E-state index contributed by atoms with van der Waals surface area (Å²) in [6.45, 7) is 0.0465. The molecular formula is C18H18ClNO5S. The first kappa shape index (κ1) is 20.0. The van der Waals surface area contributed by atoms with Crippen LogP contribution >= 0.6 is 11.6 Å². The van der Waals surface area contributed by atoms with Crippen molar-refractivity contribution in [1.29, 1.82) is 0 Å². The van der Waals surface area contributed by atoms with Crippen molar-refractivity contribution in [3.8, 4) is 5.75 Å². The molecule has 138 valence electrons. The highest BCUT2D eigenvalue weighted by Crippen LogP contribution is 2.25. The Morgan fingerprint density at radius 3 is 2.62 bits per heavy atom. The Morgan fingerprint density at radius 2 is 1.96 bits per heavy atom. The number of ether oxygens (including phenoxy) is 2. The summed E-state index contributed by atoms with van der Waals surface area (Å²) in [5, 5.41) is 0.515. The van der Waals surface area contributed by atoms with Gasteiger partial charge in [0.05, 0.1) is 7.11 Å². The number of halogens is 1. The molecule has 0 saturated carbocycles. The predicted octanol–water partition coefficient (Wildman–Crippen LogP) is 3.01. The number of sulfonamides is 1. The lowest BCUT2D eigenvalue weighted by molar-refractivity contribution is -0.138. The molecule has 8 heteroatoms. The summed E-state index contributed by atoms with van der Waals surface area (Å²) in [6, 6.07) is 11.6. The lowest BCUT2D eigenvalue weighted by Crippen LogP contribution is -2.19. The average Bonchev–Trinajstić information content (AvgIpc) is 2.65. The number of methoxy groups -OCH3 is 1. The fourth-order valence-electron chi connectivity index (χ4n) is 2.09. The van der Waals surface area contributed by atoms with Gasteiger partial charge in [0.25, 0.3) is 0 Å². The number of nitrogens with one attached hydrogen (secondary N) is 1. The molecule has 0 aliphatic carbocycles. The second kappa shape index (κ2) is 8.84. The molecule has 0 amide bonds. The molecular weight excluding hydrogens is 378 g/mol. The number of carbonyl (C=O) groups excluding carboxylic acids is 1. The molecule has 0 fully saturated rings. The molecule has 0 aliphatic rings. The highest BCUT2D eigenvalue weighted by atomic mass is 35.5. The third-order valence-electron chi connectivity index (χ3n) is 3.49. The molecule has 0 saturated heterocycles. The molecule has 0 unspecified atom stereocenters. The van der Waals surface area contributed by atoms with Crippen LogP contribution in [0.1, 0.15) is 11.1 Å². The lowest BCUT2D eigenvalue weighted by atomic mass is 10.2. The third kappa shape index (κ3) is 5.08. The Labute approximate surface area is 157 Å². The maximum absolute atomic E-state index is 12.0. The Hall–Kier alpha value is -2.35. The molecule has 2 aromatic rings. The number of esters is 1. The first-order valence-electron chi connectivity index (χ1n) is 7.57. The molecule has 0 heterocycles. The monoisotopic (exact) mass is 395 g/mol. The van der Waals surface area contributed by atoms with Gasteiger partial charge in [0.15, 0.2) is 0 Å². The van der Waals surface area contributed by atoms with Crippen molar-refractivity contribution >= 4 is 33.7 Å². The van der Waals surface area contributed by atoms with E-state index in [0.717, 1.165) is 0 Å². The van der Waals surface area contributed by atoms with E-state index in [9.17, 15) is 13.2 Å². The number of hydrogen-bond acceptors (Lipinski definition) is 5. The van der Waals surface area contributed by atoms with E-state index in [0.29, 0.717) is 16.1 Å². The van der Waals surface area contributed by atoms with Gasteiger partial charge < -0.3 is 9.47 Å².